The first-order chi connectivity index (χ1) is 16.0. The predicted molar refractivity (Wildman–Crippen MR) is 121 cm³/mol. The molecular formula is C22H26F3N5O3S. The van der Waals surface area contributed by atoms with E-state index in [1.807, 2.05) is 6.92 Å². The van der Waals surface area contributed by atoms with E-state index in [9.17, 15) is 27.9 Å². The highest BCUT2D eigenvalue weighted by molar-refractivity contribution is 7.17. The van der Waals surface area contributed by atoms with E-state index >= 15 is 0 Å². The molecule has 2 aromatic rings. The number of nitrogens with one attached hydrogen (secondary N) is 2. The van der Waals surface area contributed by atoms with Crippen LogP contribution in [0.5, 0.6) is 0 Å². The van der Waals surface area contributed by atoms with Gasteiger partial charge in [0.1, 0.15) is 17.6 Å². The zero-order chi connectivity index (χ0) is 24.8. The van der Waals surface area contributed by atoms with Crippen LogP contribution in [0.1, 0.15) is 59.0 Å². The monoisotopic (exact) mass is 497 g/mol. The average molecular weight is 498 g/mol. The molecule has 0 spiro atoms. The third kappa shape index (κ3) is 5.02. The number of carbonyl (C=O) groups excluding carboxylic acids is 2. The number of carbonyl (C=O) groups is 2. The second kappa shape index (κ2) is 9.14. The van der Waals surface area contributed by atoms with Crippen LogP contribution in [0.3, 0.4) is 0 Å². The number of anilines is 1. The number of hydrogen-bond donors (Lipinski definition) is 3. The van der Waals surface area contributed by atoms with Crippen molar-refractivity contribution in [2.45, 2.75) is 70.4 Å². The van der Waals surface area contributed by atoms with Gasteiger partial charge in [-0.25, -0.2) is 9.97 Å². The zero-order valence-corrected chi connectivity index (χ0v) is 19.8. The van der Waals surface area contributed by atoms with Crippen molar-refractivity contribution in [1.82, 2.24) is 20.2 Å². The Balaban J connectivity index is 1.67. The lowest BCUT2D eigenvalue weighted by Gasteiger charge is -2.21. The molecule has 0 unspecified atom stereocenters. The highest BCUT2D eigenvalue weighted by Gasteiger charge is 2.38. The van der Waals surface area contributed by atoms with Gasteiger partial charge in [-0.1, -0.05) is 0 Å². The molecule has 0 bridgehead atoms. The highest BCUT2D eigenvalue weighted by atomic mass is 32.1. The Morgan fingerprint density at radius 2 is 2.06 bits per heavy atom. The normalized spacial score (nSPS) is 23.0. The summed E-state index contributed by atoms with van der Waals surface area (Å²) in [5.74, 6) is -0.726. The minimum Gasteiger partial charge on any atom is -0.391 e. The maximum Gasteiger partial charge on any atom is 0.408 e. The van der Waals surface area contributed by atoms with Crippen LogP contribution in [0.2, 0.25) is 0 Å². The largest absolute Gasteiger partial charge is 0.408 e. The fraction of sp³-hybridized carbons (Fsp3) is 0.545. The summed E-state index contributed by atoms with van der Waals surface area (Å²) in [7, 11) is 0. The number of nitrogens with zero attached hydrogens (tertiary/aromatic N) is 3. The van der Waals surface area contributed by atoms with Crippen LogP contribution >= 0.6 is 11.3 Å². The van der Waals surface area contributed by atoms with Crippen LogP contribution in [0.25, 0.3) is 10.4 Å². The molecule has 12 heteroatoms. The molecule has 8 nitrogen and oxygen atoms in total. The molecule has 4 rings (SSSR count). The second-order valence-corrected chi connectivity index (χ2v) is 9.86. The van der Waals surface area contributed by atoms with Gasteiger partial charge >= 0.3 is 6.18 Å². The van der Waals surface area contributed by atoms with Crippen molar-refractivity contribution >= 4 is 29.0 Å². The lowest BCUT2D eigenvalue weighted by molar-refractivity contribution is -0.138. The first-order valence-electron chi connectivity index (χ1n) is 11.1. The molecule has 2 aliphatic rings. The van der Waals surface area contributed by atoms with Crippen LogP contribution in [0, 0.1) is 6.92 Å². The van der Waals surface area contributed by atoms with Gasteiger partial charge in [0.15, 0.2) is 5.01 Å². The van der Waals surface area contributed by atoms with Gasteiger partial charge in [0.2, 0.25) is 0 Å². The molecule has 1 aliphatic heterocycles. The molecular weight excluding hydrogens is 471 g/mol. The summed E-state index contributed by atoms with van der Waals surface area (Å²) in [5.41, 5.74) is 1.22. The summed E-state index contributed by atoms with van der Waals surface area (Å²) in [5, 5.41) is 14.6. The first-order valence-corrected chi connectivity index (χ1v) is 11.9. The van der Waals surface area contributed by atoms with Gasteiger partial charge in [0.05, 0.1) is 17.0 Å². The third-order valence-electron chi connectivity index (χ3n) is 6.12. The smallest absolute Gasteiger partial charge is 0.391 e. The van der Waals surface area contributed by atoms with Crippen LogP contribution in [-0.2, 0) is 0 Å². The van der Waals surface area contributed by atoms with Crippen molar-refractivity contribution in [2.75, 3.05) is 11.9 Å². The topological polar surface area (TPSA) is 107 Å². The molecule has 4 atom stereocenters. The summed E-state index contributed by atoms with van der Waals surface area (Å²) in [6, 6.07) is -0.599. The van der Waals surface area contributed by atoms with E-state index in [-0.39, 0.29) is 34.5 Å². The summed E-state index contributed by atoms with van der Waals surface area (Å²) < 4.78 is 38.7. The molecule has 1 saturated carbocycles. The first kappa shape index (κ1) is 24.4. The van der Waals surface area contributed by atoms with Crippen molar-refractivity contribution in [3.05, 3.63) is 28.5 Å². The number of likely N-dealkylation sites (tertiary alicyclic amines) is 1. The molecule has 184 valence electrons. The van der Waals surface area contributed by atoms with Gasteiger partial charge < -0.3 is 20.6 Å². The van der Waals surface area contributed by atoms with Crippen molar-refractivity contribution in [1.29, 1.82) is 0 Å². The molecule has 2 amide bonds. The van der Waals surface area contributed by atoms with E-state index in [4.69, 9.17) is 0 Å². The number of aliphatic hydroxyl groups excluding tert-OH is 1. The third-order valence-corrected chi connectivity index (χ3v) is 7.21. The van der Waals surface area contributed by atoms with E-state index in [1.54, 1.807) is 11.8 Å². The van der Waals surface area contributed by atoms with Crippen molar-refractivity contribution in [3.63, 3.8) is 0 Å². The number of aromatic nitrogens is 2. The van der Waals surface area contributed by atoms with Crippen molar-refractivity contribution in [3.8, 4) is 10.4 Å². The maximum atomic E-state index is 13.3. The lowest BCUT2D eigenvalue weighted by atomic mass is 10.1. The molecule has 1 saturated heterocycles. The number of pyridine rings is 1. The Hall–Kier alpha value is -2.73. The Bertz CT molecular complexity index is 1110. The number of halogens is 3. The Kier molecular flexibility index (Phi) is 6.56. The SMILES string of the molecule is Cc1cc(N[C@@H](C)C(F)(F)F)ncc1-c1sc(C(=O)N[C@@H]2C[C@H]2O)nc1C(=O)N1CCC[C@@H]1C. The number of amides is 2. The minimum absolute atomic E-state index is 0.0376. The highest BCUT2D eigenvalue weighted by Crippen LogP contribution is 2.36. The van der Waals surface area contributed by atoms with Crippen molar-refractivity contribution in [2.24, 2.45) is 0 Å². The molecule has 2 fully saturated rings. The van der Waals surface area contributed by atoms with Gasteiger partial charge in [0, 0.05) is 24.3 Å². The minimum atomic E-state index is -4.42. The molecule has 0 aromatic carbocycles. The number of alkyl halides is 3. The van der Waals surface area contributed by atoms with Crippen molar-refractivity contribution < 1.29 is 27.9 Å². The van der Waals surface area contributed by atoms with E-state index in [1.165, 1.54) is 12.3 Å². The number of hydrogen-bond acceptors (Lipinski definition) is 7. The molecule has 3 N–H and O–H groups in total. The molecule has 1 aliphatic carbocycles. The Morgan fingerprint density at radius 1 is 1.35 bits per heavy atom. The summed E-state index contributed by atoms with van der Waals surface area (Å²) >= 11 is 1.03. The standard InChI is InChI=1S/C22H26F3N5O3S/c1-10-7-16(27-12(3)22(23,24)25)26-9-13(10)18-17(21(33)30-6-4-5-11(30)2)29-20(34-18)19(32)28-14-8-15(14)31/h7,9,11-12,14-15,31H,4-6,8H2,1-3H3,(H,26,27)(H,28,32)/t11-,12-,14+,15+/m0/s1. The van der Waals surface area contributed by atoms with E-state index in [0.717, 1.165) is 31.1 Å². The lowest BCUT2D eigenvalue weighted by Crippen LogP contribution is -2.34. The summed E-state index contributed by atoms with van der Waals surface area (Å²) in [6.07, 6.45) is -1.40. The van der Waals surface area contributed by atoms with Gasteiger partial charge in [-0.3, -0.25) is 9.59 Å². The fourth-order valence-electron chi connectivity index (χ4n) is 3.86. The van der Waals surface area contributed by atoms with Crippen LogP contribution in [0.4, 0.5) is 19.0 Å². The van der Waals surface area contributed by atoms with Gasteiger partial charge in [-0.05, 0) is 51.7 Å². The van der Waals surface area contributed by atoms with E-state index in [0.29, 0.717) is 29.0 Å². The number of thiazole rings is 1. The van der Waals surface area contributed by atoms with Gasteiger partial charge in [-0.15, -0.1) is 11.3 Å². The quantitative estimate of drug-likeness (QED) is 0.565. The van der Waals surface area contributed by atoms with Crippen LogP contribution in [-0.4, -0.2) is 68.7 Å². The summed E-state index contributed by atoms with van der Waals surface area (Å²) in [4.78, 5) is 36.6. The van der Waals surface area contributed by atoms with Gasteiger partial charge in [0.25, 0.3) is 11.8 Å². The van der Waals surface area contributed by atoms with E-state index < -0.39 is 24.2 Å². The molecule has 34 heavy (non-hydrogen) atoms. The number of rotatable bonds is 6. The van der Waals surface area contributed by atoms with E-state index in [2.05, 4.69) is 20.6 Å². The Morgan fingerprint density at radius 3 is 2.62 bits per heavy atom. The number of aliphatic hydroxyl groups is 1. The molecule has 2 aromatic heterocycles. The average Bonchev–Trinajstić information content (AvgIpc) is 3.14. The maximum absolute atomic E-state index is 13.3. The summed E-state index contributed by atoms with van der Waals surface area (Å²) in [6.45, 7) is 5.24. The molecule has 0 radical (unpaired) electrons. The van der Waals surface area contributed by atoms with Crippen LogP contribution < -0.4 is 10.6 Å². The Labute approximate surface area is 198 Å². The predicted octanol–water partition coefficient (Wildman–Crippen LogP) is 3.36. The second-order valence-electron chi connectivity index (χ2n) is 8.86. The molecule has 3 heterocycles. The van der Waals surface area contributed by atoms with Crippen LogP contribution in [0.15, 0.2) is 12.3 Å². The fourth-order valence-corrected chi connectivity index (χ4v) is 4.89. The van der Waals surface area contributed by atoms with Gasteiger partial charge in [-0.2, -0.15) is 13.2 Å². The zero-order valence-electron chi connectivity index (χ0n) is 18.9. The number of aryl methyl sites for hydroxylation is 1.